The molecule has 0 radical (unpaired) electrons. The summed E-state index contributed by atoms with van der Waals surface area (Å²) < 4.78 is 8.49. The quantitative estimate of drug-likeness (QED) is 0.157. The molecule has 1 N–H and O–H groups in total. The van der Waals surface area contributed by atoms with Gasteiger partial charge in [-0.3, -0.25) is 0 Å². The summed E-state index contributed by atoms with van der Waals surface area (Å²) in [5.74, 6) is 1.73. The van der Waals surface area contributed by atoms with E-state index in [4.69, 9.17) is 16.3 Å². The Morgan fingerprint density at radius 3 is 2.81 bits per heavy atom. The number of rotatable bonds is 14. The minimum absolute atomic E-state index is 0.243. The molecule has 0 amide bonds. The van der Waals surface area contributed by atoms with E-state index in [0.29, 0.717) is 12.4 Å². The Labute approximate surface area is 227 Å². The zero-order chi connectivity index (χ0) is 25.9. The van der Waals surface area contributed by atoms with Crippen LogP contribution in [0.4, 0.5) is 5.69 Å². The van der Waals surface area contributed by atoms with Gasteiger partial charge in [0.15, 0.2) is 0 Å². The van der Waals surface area contributed by atoms with Crippen molar-refractivity contribution < 1.29 is 9.84 Å². The molecule has 0 spiro atoms. The Hall–Kier alpha value is -1.92. The molecule has 196 valence electrons. The van der Waals surface area contributed by atoms with Crippen molar-refractivity contribution in [2.75, 3.05) is 43.9 Å². The van der Waals surface area contributed by atoms with Crippen LogP contribution in [0.15, 0.2) is 61.7 Å². The number of nitrogens with zero attached hydrogens (tertiary/aromatic N) is 2. The van der Waals surface area contributed by atoms with E-state index in [9.17, 15) is 5.11 Å². The first-order valence-electron chi connectivity index (χ1n) is 13.0. The molecule has 4 nitrogen and oxygen atoms in total. The predicted octanol–water partition coefficient (Wildman–Crippen LogP) is 7.43. The fourth-order valence-corrected chi connectivity index (χ4v) is 5.69. The second kappa shape index (κ2) is 14.7. The number of halogens is 1. The molecule has 0 saturated carbocycles. The van der Waals surface area contributed by atoms with Gasteiger partial charge in [-0.25, -0.2) is 4.31 Å². The number of allylic oxidation sites excluding steroid dienone is 1. The molecule has 0 fully saturated rings. The molecule has 0 bridgehead atoms. The summed E-state index contributed by atoms with van der Waals surface area (Å²) in [7, 11) is 2.01. The average molecular weight is 529 g/mol. The number of benzene rings is 2. The number of aliphatic hydroxyl groups excluding tert-OH is 1. The number of aryl methyl sites for hydroxylation is 1. The van der Waals surface area contributed by atoms with Crippen LogP contribution in [0.5, 0.6) is 5.75 Å². The smallest absolute Gasteiger partial charge is 0.142 e. The molecule has 0 aromatic heterocycles. The molecule has 0 saturated heterocycles. The normalized spacial score (nSPS) is 16.2. The maximum atomic E-state index is 10.9. The molecule has 36 heavy (non-hydrogen) atoms. The van der Waals surface area contributed by atoms with Crippen molar-refractivity contribution in [2.45, 2.75) is 51.0 Å². The molecule has 1 aliphatic rings. The summed E-state index contributed by atoms with van der Waals surface area (Å²) >= 11 is 7.97. The van der Waals surface area contributed by atoms with E-state index in [0.717, 1.165) is 73.8 Å². The Kier molecular flexibility index (Phi) is 11.7. The first-order chi connectivity index (χ1) is 17.5. The lowest BCUT2D eigenvalue weighted by Gasteiger charge is -2.28. The van der Waals surface area contributed by atoms with E-state index in [2.05, 4.69) is 47.5 Å². The molecule has 1 heterocycles. The Bertz CT molecular complexity index is 999. The topological polar surface area (TPSA) is 35.9 Å². The van der Waals surface area contributed by atoms with Crippen LogP contribution < -0.4 is 9.64 Å². The molecule has 1 aliphatic heterocycles. The van der Waals surface area contributed by atoms with Gasteiger partial charge in [0.1, 0.15) is 5.75 Å². The van der Waals surface area contributed by atoms with Gasteiger partial charge in [0, 0.05) is 36.3 Å². The van der Waals surface area contributed by atoms with Crippen LogP contribution >= 0.6 is 23.5 Å². The molecule has 2 aromatic rings. The van der Waals surface area contributed by atoms with Gasteiger partial charge >= 0.3 is 0 Å². The third-order valence-electron chi connectivity index (χ3n) is 6.58. The van der Waals surface area contributed by atoms with Crippen LogP contribution in [0.1, 0.15) is 61.3 Å². The SMILES string of the molecule is C=CCCCCN1CC(c2ccc(Cl)cc2CCC)COc2ccc(C(O)CSN(C)CC=C)cc21. The van der Waals surface area contributed by atoms with Crippen molar-refractivity contribution in [1.82, 2.24) is 4.31 Å². The van der Waals surface area contributed by atoms with Gasteiger partial charge < -0.3 is 14.7 Å². The summed E-state index contributed by atoms with van der Waals surface area (Å²) in [6.45, 7) is 13.1. The standard InChI is InChI=1S/C30H41ClN2O2S/c1-5-8-9-10-17-33-20-25(27-14-13-26(31)18-23(27)11-6-2)21-35-30-15-12-24(19-28(30)33)29(34)22-36-32(4)16-7-3/h5,7,12-15,18-19,25,29,34H,1,3,6,8-11,16-17,20-22H2,2,4H3. The zero-order valence-corrected chi connectivity index (χ0v) is 23.4. The Morgan fingerprint density at radius 1 is 1.22 bits per heavy atom. The van der Waals surface area contributed by atoms with Gasteiger partial charge in [-0.1, -0.05) is 61.2 Å². The molecule has 2 unspecified atom stereocenters. The fourth-order valence-electron chi connectivity index (χ4n) is 4.70. The maximum Gasteiger partial charge on any atom is 0.142 e. The van der Waals surface area contributed by atoms with Gasteiger partial charge in [-0.2, -0.15) is 0 Å². The maximum absolute atomic E-state index is 10.9. The third-order valence-corrected chi connectivity index (χ3v) is 7.87. The lowest BCUT2D eigenvalue weighted by Crippen LogP contribution is -2.30. The number of ether oxygens (including phenoxy) is 1. The molecule has 2 atom stereocenters. The van der Waals surface area contributed by atoms with Crippen molar-refractivity contribution >= 4 is 29.2 Å². The van der Waals surface area contributed by atoms with Crippen molar-refractivity contribution in [2.24, 2.45) is 0 Å². The molecule has 6 heteroatoms. The molecule has 2 aromatic carbocycles. The van der Waals surface area contributed by atoms with Crippen LogP contribution in [0.25, 0.3) is 0 Å². The van der Waals surface area contributed by atoms with E-state index in [1.807, 2.05) is 37.4 Å². The average Bonchev–Trinajstić information content (AvgIpc) is 3.05. The van der Waals surface area contributed by atoms with E-state index >= 15 is 0 Å². The Morgan fingerprint density at radius 2 is 2.06 bits per heavy atom. The number of fused-ring (bicyclic) bond motifs is 1. The number of aliphatic hydroxyl groups is 1. The number of hydrogen-bond acceptors (Lipinski definition) is 5. The van der Waals surface area contributed by atoms with Gasteiger partial charge in [-0.05, 0) is 73.7 Å². The number of unbranched alkanes of at least 4 members (excludes halogenated alkanes) is 2. The lowest BCUT2D eigenvalue weighted by molar-refractivity contribution is 0.203. The highest BCUT2D eigenvalue weighted by Crippen LogP contribution is 2.38. The number of likely N-dealkylation sites (N-methyl/N-ethyl adjacent to an activating group) is 1. The lowest BCUT2D eigenvalue weighted by atomic mass is 9.92. The first-order valence-corrected chi connectivity index (χ1v) is 14.3. The van der Waals surface area contributed by atoms with Crippen molar-refractivity contribution in [3.63, 3.8) is 0 Å². The highest BCUT2D eigenvalue weighted by Gasteiger charge is 2.26. The van der Waals surface area contributed by atoms with Gasteiger partial charge in [-0.15, -0.1) is 13.2 Å². The van der Waals surface area contributed by atoms with E-state index in [1.165, 1.54) is 11.1 Å². The molecule has 3 rings (SSSR count). The van der Waals surface area contributed by atoms with Gasteiger partial charge in [0.2, 0.25) is 0 Å². The molecule has 0 aliphatic carbocycles. The van der Waals surface area contributed by atoms with Crippen molar-refractivity contribution in [1.29, 1.82) is 0 Å². The van der Waals surface area contributed by atoms with E-state index < -0.39 is 6.10 Å². The first kappa shape index (κ1) is 28.6. The summed E-state index contributed by atoms with van der Waals surface area (Å²) in [6.07, 6.45) is 8.59. The minimum Gasteiger partial charge on any atom is -0.491 e. The minimum atomic E-state index is -0.554. The molecular formula is C30H41ClN2O2S. The number of hydrogen-bond donors (Lipinski definition) is 1. The van der Waals surface area contributed by atoms with Crippen LogP contribution in [-0.4, -0.2) is 48.5 Å². The van der Waals surface area contributed by atoms with Crippen LogP contribution in [-0.2, 0) is 6.42 Å². The third kappa shape index (κ3) is 8.04. The summed E-state index contributed by atoms with van der Waals surface area (Å²) in [5, 5.41) is 11.7. The van der Waals surface area contributed by atoms with E-state index in [-0.39, 0.29) is 5.92 Å². The van der Waals surface area contributed by atoms with Gasteiger partial charge in [0.25, 0.3) is 0 Å². The van der Waals surface area contributed by atoms with Crippen molar-refractivity contribution in [3.8, 4) is 5.75 Å². The van der Waals surface area contributed by atoms with Crippen LogP contribution in [0, 0.1) is 0 Å². The highest BCUT2D eigenvalue weighted by molar-refractivity contribution is 7.97. The summed E-state index contributed by atoms with van der Waals surface area (Å²) in [4.78, 5) is 2.45. The van der Waals surface area contributed by atoms with Crippen molar-refractivity contribution in [3.05, 3.63) is 83.4 Å². The van der Waals surface area contributed by atoms with E-state index in [1.54, 1.807) is 11.9 Å². The van der Waals surface area contributed by atoms with Crippen LogP contribution in [0.3, 0.4) is 0 Å². The second-order valence-corrected chi connectivity index (χ2v) is 11.1. The predicted molar refractivity (Wildman–Crippen MR) is 157 cm³/mol. The largest absolute Gasteiger partial charge is 0.491 e. The number of anilines is 1. The zero-order valence-electron chi connectivity index (χ0n) is 21.8. The highest BCUT2D eigenvalue weighted by atomic mass is 35.5. The fraction of sp³-hybridized carbons (Fsp3) is 0.467. The monoisotopic (exact) mass is 528 g/mol. The molecular weight excluding hydrogens is 488 g/mol. The summed E-state index contributed by atoms with van der Waals surface area (Å²) in [5.41, 5.74) is 4.63. The Balaban J connectivity index is 1.86. The van der Waals surface area contributed by atoms with Gasteiger partial charge in [0.05, 0.1) is 18.4 Å². The second-order valence-electron chi connectivity index (χ2n) is 9.47. The van der Waals surface area contributed by atoms with Crippen LogP contribution in [0.2, 0.25) is 5.02 Å². The summed E-state index contributed by atoms with van der Waals surface area (Å²) in [6, 6.07) is 12.4.